The summed E-state index contributed by atoms with van der Waals surface area (Å²) < 4.78 is 10.9. The Morgan fingerprint density at radius 1 is 1.46 bits per heavy atom. The normalized spacial score (nSPS) is 20.0. The van der Waals surface area contributed by atoms with E-state index in [2.05, 4.69) is 0 Å². The predicted octanol–water partition coefficient (Wildman–Crippen LogP) is 1.13. The van der Waals surface area contributed by atoms with Crippen LogP contribution >= 0.6 is 0 Å². The molecule has 1 aromatic rings. The van der Waals surface area contributed by atoms with E-state index < -0.39 is 0 Å². The Labute approximate surface area is 76.9 Å². The van der Waals surface area contributed by atoms with E-state index >= 15 is 0 Å². The summed E-state index contributed by atoms with van der Waals surface area (Å²) in [5.74, 6) is 1.49. The van der Waals surface area contributed by atoms with Crippen molar-refractivity contribution in [1.29, 1.82) is 0 Å². The molecule has 1 aliphatic rings. The number of fused-ring (bicyclic) bond motifs is 1. The minimum atomic E-state index is -0.228. The Kier molecular flexibility index (Phi) is 2.10. The average Bonchev–Trinajstić information content (AvgIpc) is 2.16. The van der Waals surface area contributed by atoms with Crippen molar-refractivity contribution in [2.75, 3.05) is 13.2 Å². The van der Waals surface area contributed by atoms with E-state index in [1.54, 1.807) is 0 Å². The molecule has 3 nitrogen and oxygen atoms in total. The van der Waals surface area contributed by atoms with E-state index in [-0.39, 0.29) is 12.7 Å². The largest absolute Gasteiger partial charge is 0.486 e. The zero-order valence-corrected chi connectivity index (χ0v) is 7.49. The highest BCUT2D eigenvalue weighted by molar-refractivity contribution is 5.43. The molecule has 1 N–H and O–H groups in total. The molecule has 0 saturated carbocycles. The predicted molar refractivity (Wildman–Crippen MR) is 48.2 cm³/mol. The second kappa shape index (κ2) is 3.26. The third-order valence-corrected chi connectivity index (χ3v) is 2.02. The van der Waals surface area contributed by atoms with E-state index in [4.69, 9.17) is 14.6 Å². The van der Waals surface area contributed by atoms with E-state index in [9.17, 15) is 0 Å². The lowest BCUT2D eigenvalue weighted by Crippen LogP contribution is -2.32. The van der Waals surface area contributed by atoms with Crippen molar-refractivity contribution in [3.8, 4) is 11.5 Å². The minimum Gasteiger partial charge on any atom is -0.486 e. The molecular formula is C10H12O3. The Bertz CT molecular complexity index is 309. The van der Waals surface area contributed by atoms with E-state index in [0.29, 0.717) is 6.61 Å². The Morgan fingerprint density at radius 2 is 2.31 bits per heavy atom. The molecule has 0 spiro atoms. The second-order valence-electron chi connectivity index (χ2n) is 3.18. The molecule has 3 heteroatoms. The van der Waals surface area contributed by atoms with Crippen molar-refractivity contribution in [1.82, 2.24) is 0 Å². The molecule has 1 aliphatic heterocycles. The highest BCUT2D eigenvalue weighted by Crippen LogP contribution is 2.32. The average molecular weight is 180 g/mol. The molecule has 0 aromatic heterocycles. The van der Waals surface area contributed by atoms with Crippen molar-refractivity contribution in [2.45, 2.75) is 13.0 Å². The minimum absolute atomic E-state index is 0.00657. The highest BCUT2D eigenvalue weighted by Gasteiger charge is 2.19. The van der Waals surface area contributed by atoms with Crippen LogP contribution in [0.2, 0.25) is 0 Å². The van der Waals surface area contributed by atoms with Crippen molar-refractivity contribution >= 4 is 0 Å². The van der Waals surface area contributed by atoms with Crippen LogP contribution in [0.5, 0.6) is 11.5 Å². The van der Waals surface area contributed by atoms with Crippen molar-refractivity contribution in [3.63, 3.8) is 0 Å². The smallest absolute Gasteiger partial charge is 0.162 e. The van der Waals surface area contributed by atoms with Crippen LogP contribution in [0.1, 0.15) is 5.56 Å². The van der Waals surface area contributed by atoms with Crippen molar-refractivity contribution in [3.05, 3.63) is 23.8 Å². The van der Waals surface area contributed by atoms with Crippen LogP contribution in [0, 0.1) is 6.92 Å². The molecule has 0 aliphatic carbocycles. The summed E-state index contributed by atoms with van der Waals surface area (Å²) in [5, 5.41) is 8.88. The first-order chi connectivity index (χ1) is 6.29. The third-order valence-electron chi connectivity index (χ3n) is 2.02. The van der Waals surface area contributed by atoms with Gasteiger partial charge in [-0.1, -0.05) is 6.07 Å². The molecule has 0 radical (unpaired) electrons. The first-order valence-electron chi connectivity index (χ1n) is 4.30. The fourth-order valence-corrected chi connectivity index (χ4v) is 1.31. The molecule has 0 bridgehead atoms. The highest BCUT2D eigenvalue weighted by atomic mass is 16.6. The van der Waals surface area contributed by atoms with Gasteiger partial charge in [0.1, 0.15) is 6.61 Å². The standard InChI is InChI=1S/C10H12O3/c1-7-2-3-9-10(4-7)13-8(5-11)6-12-9/h2-4,8,11H,5-6H2,1H3. The van der Waals surface area contributed by atoms with Gasteiger partial charge in [-0.15, -0.1) is 0 Å². The second-order valence-corrected chi connectivity index (χ2v) is 3.18. The van der Waals surface area contributed by atoms with Crippen LogP contribution in [-0.2, 0) is 0 Å². The number of rotatable bonds is 1. The van der Waals surface area contributed by atoms with Crippen molar-refractivity contribution < 1.29 is 14.6 Å². The lowest BCUT2D eigenvalue weighted by Gasteiger charge is -2.25. The van der Waals surface area contributed by atoms with Gasteiger partial charge in [0, 0.05) is 0 Å². The number of ether oxygens (including phenoxy) is 2. The maximum absolute atomic E-state index is 8.88. The Morgan fingerprint density at radius 3 is 3.08 bits per heavy atom. The molecule has 1 aromatic carbocycles. The van der Waals surface area contributed by atoms with E-state index in [1.165, 1.54) is 0 Å². The molecule has 70 valence electrons. The number of benzene rings is 1. The monoisotopic (exact) mass is 180 g/mol. The summed E-state index contributed by atoms with van der Waals surface area (Å²) >= 11 is 0. The van der Waals surface area contributed by atoms with Gasteiger partial charge in [-0.3, -0.25) is 0 Å². The summed E-state index contributed by atoms with van der Waals surface area (Å²) in [5.41, 5.74) is 1.13. The van der Waals surface area contributed by atoms with Crippen LogP contribution in [0.4, 0.5) is 0 Å². The van der Waals surface area contributed by atoms with E-state index in [1.807, 2.05) is 25.1 Å². The zero-order valence-electron chi connectivity index (χ0n) is 7.49. The van der Waals surface area contributed by atoms with Crippen LogP contribution in [0.3, 0.4) is 0 Å². The number of aliphatic hydroxyl groups is 1. The number of aliphatic hydroxyl groups excluding tert-OH is 1. The van der Waals surface area contributed by atoms with Gasteiger partial charge < -0.3 is 14.6 Å². The Hall–Kier alpha value is -1.22. The first-order valence-corrected chi connectivity index (χ1v) is 4.30. The lowest BCUT2D eigenvalue weighted by molar-refractivity contribution is 0.0456. The SMILES string of the molecule is Cc1ccc2c(c1)OC(CO)CO2. The summed E-state index contributed by atoms with van der Waals surface area (Å²) in [7, 11) is 0. The number of aryl methyl sites for hydroxylation is 1. The summed E-state index contributed by atoms with van der Waals surface area (Å²) in [6.07, 6.45) is -0.228. The van der Waals surface area contributed by atoms with Gasteiger partial charge in [-0.25, -0.2) is 0 Å². The zero-order chi connectivity index (χ0) is 9.26. The van der Waals surface area contributed by atoms with Gasteiger partial charge in [-0.2, -0.15) is 0 Å². The maximum atomic E-state index is 8.88. The summed E-state index contributed by atoms with van der Waals surface area (Å²) in [6.45, 7) is 2.41. The van der Waals surface area contributed by atoms with Crippen LogP contribution < -0.4 is 9.47 Å². The van der Waals surface area contributed by atoms with Gasteiger partial charge in [0.05, 0.1) is 6.61 Å². The number of hydrogen-bond acceptors (Lipinski definition) is 3. The van der Waals surface area contributed by atoms with Crippen LogP contribution in [0.15, 0.2) is 18.2 Å². The van der Waals surface area contributed by atoms with Crippen LogP contribution in [0.25, 0.3) is 0 Å². The quantitative estimate of drug-likeness (QED) is 0.704. The molecular weight excluding hydrogens is 168 g/mol. The molecule has 1 atom stereocenters. The fourth-order valence-electron chi connectivity index (χ4n) is 1.31. The number of hydrogen-bond donors (Lipinski definition) is 1. The molecule has 13 heavy (non-hydrogen) atoms. The topological polar surface area (TPSA) is 38.7 Å². The molecule has 2 rings (SSSR count). The van der Waals surface area contributed by atoms with Crippen molar-refractivity contribution in [2.24, 2.45) is 0 Å². The van der Waals surface area contributed by atoms with Gasteiger partial charge in [0.25, 0.3) is 0 Å². The molecule has 0 fully saturated rings. The summed E-state index contributed by atoms with van der Waals surface area (Å²) in [6, 6.07) is 5.77. The maximum Gasteiger partial charge on any atom is 0.162 e. The van der Waals surface area contributed by atoms with Crippen LogP contribution in [-0.4, -0.2) is 24.4 Å². The van der Waals surface area contributed by atoms with Gasteiger partial charge >= 0.3 is 0 Å². The van der Waals surface area contributed by atoms with Gasteiger partial charge in [0.2, 0.25) is 0 Å². The third kappa shape index (κ3) is 1.60. The molecule has 0 amide bonds. The van der Waals surface area contributed by atoms with E-state index in [0.717, 1.165) is 17.1 Å². The first kappa shape index (κ1) is 8.38. The van der Waals surface area contributed by atoms with Gasteiger partial charge in [0.15, 0.2) is 17.6 Å². The summed E-state index contributed by atoms with van der Waals surface area (Å²) in [4.78, 5) is 0. The lowest BCUT2D eigenvalue weighted by atomic mass is 10.2. The van der Waals surface area contributed by atoms with Gasteiger partial charge in [-0.05, 0) is 24.6 Å². The fraction of sp³-hybridized carbons (Fsp3) is 0.400. The molecule has 1 unspecified atom stereocenters. The molecule has 1 heterocycles. The Balaban J connectivity index is 2.27. The molecule has 0 saturated heterocycles.